The third-order valence-electron chi connectivity index (χ3n) is 3.89. The highest BCUT2D eigenvalue weighted by atomic mass is 35.5. The van der Waals surface area contributed by atoms with Crippen LogP contribution in [-0.4, -0.2) is 23.3 Å². The van der Waals surface area contributed by atoms with Crippen LogP contribution in [0.2, 0.25) is 5.02 Å². The number of carbonyl (C=O) groups excluding carboxylic acids is 2. The molecule has 0 spiro atoms. The number of hydrogen-bond donors (Lipinski definition) is 1. The van der Waals surface area contributed by atoms with Gasteiger partial charge in [-0.2, -0.15) is 0 Å². The van der Waals surface area contributed by atoms with E-state index in [1.54, 1.807) is 29.4 Å². The van der Waals surface area contributed by atoms with Gasteiger partial charge in [0.05, 0.1) is 18.7 Å². The average Bonchev–Trinajstić information content (AvgIpc) is 3.17. The van der Waals surface area contributed by atoms with Gasteiger partial charge in [0.15, 0.2) is 0 Å². The van der Waals surface area contributed by atoms with E-state index < -0.39 is 0 Å². The van der Waals surface area contributed by atoms with Gasteiger partial charge in [-0.3, -0.25) is 9.59 Å². The quantitative estimate of drug-likeness (QED) is 0.915. The molecule has 1 atom stereocenters. The zero-order valence-corrected chi connectivity index (χ0v) is 13.3. The lowest BCUT2D eigenvalue weighted by Crippen LogP contribution is -2.32. The summed E-state index contributed by atoms with van der Waals surface area (Å²) in [5.74, 6) is 0.286. The first-order chi connectivity index (χ1) is 11.1. The number of hydrogen-bond acceptors (Lipinski definition) is 3. The number of likely N-dealkylation sites (tertiary alicyclic amines) is 1. The molecule has 0 saturated carbocycles. The molecule has 0 radical (unpaired) electrons. The second-order valence-corrected chi connectivity index (χ2v) is 6.04. The molecule has 1 saturated heterocycles. The first kappa shape index (κ1) is 15.6. The first-order valence-corrected chi connectivity index (χ1v) is 7.82. The maximum absolute atomic E-state index is 12.2. The monoisotopic (exact) mass is 332 g/mol. The summed E-state index contributed by atoms with van der Waals surface area (Å²) >= 11 is 5.83. The number of nitrogens with zero attached hydrogens (tertiary/aromatic N) is 1. The van der Waals surface area contributed by atoms with Gasteiger partial charge in [0, 0.05) is 24.5 Å². The van der Waals surface area contributed by atoms with Crippen molar-refractivity contribution in [3.63, 3.8) is 0 Å². The second kappa shape index (κ2) is 6.87. The summed E-state index contributed by atoms with van der Waals surface area (Å²) in [5, 5.41) is 3.54. The van der Waals surface area contributed by atoms with Crippen LogP contribution in [0, 0.1) is 5.92 Å². The Labute approximate surface area is 139 Å². The maximum Gasteiger partial charge on any atom is 0.225 e. The number of carbonyl (C=O) groups is 2. The van der Waals surface area contributed by atoms with Gasteiger partial charge < -0.3 is 14.6 Å². The zero-order valence-electron chi connectivity index (χ0n) is 12.5. The van der Waals surface area contributed by atoms with E-state index in [1.165, 1.54) is 0 Å². The Morgan fingerprint density at radius 3 is 2.78 bits per heavy atom. The molecule has 1 fully saturated rings. The van der Waals surface area contributed by atoms with Crippen LogP contribution in [0.1, 0.15) is 17.7 Å². The molecule has 2 amide bonds. The summed E-state index contributed by atoms with van der Waals surface area (Å²) in [6, 6.07) is 10.9. The third-order valence-corrected chi connectivity index (χ3v) is 4.14. The van der Waals surface area contributed by atoms with E-state index in [1.807, 2.05) is 18.2 Å². The molecule has 2 aromatic rings. The van der Waals surface area contributed by atoms with E-state index in [9.17, 15) is 9.59 Å². The van der Waals surface area contributed by atoms with Crippen molar-refractivity contribution >= 4 is 23.4 Å². The van der Waals surface area contributed by atoms with Crippen LogP contribution in [0.4, 0.5) is 0 Å². The Kier molecular flexibility index (Phi) is 4.67. The van der Waals surface area contributed by atoms with Crippen LogP contribution < -0.4 is 5.32 Å². The van der Waals surface area contributed by atoms with Crippen LogP contribution in [0.3, 0.4) is 0 Å². The number of halogens is 1. The fraction of sp³-hybridized carbons (Fsp3) is 0.294. The first-order valence-electron chi connectivity index (χ1n) is 7.44. The molecule has 1 N–H and O–H groups in total. The van der Waals surface area contributed by atoms with E-state index >= 15 is 0 Å². The molecule has 6 heteroatoms. The standard InChI is InChI=1S/C17H17ClN2O3/c18-14-5-3-12(4-6-14)9-19-17(22)13-8-16(21)20(10-13)11-15-2-1-7-23-15/h1-7,13H,8-11H2,(H,19,22)/t13-/m0/s1. The fourth-order valence-corrected chi connectivity index (χ4v) is 2.75. The second-order valence-electron chi connectivity index (χ2n) is 5.60. The van der Waals surface area contributed by atoms with Gasteiger partial charge in [-0.05, 0) is 29.8 Å². The third kappa shape index (κ3) is 3.93. The summed E-state index contributed by atoms with van der Waals surface area (Å²) in [6.07, 6.45) is 1.82. The zero-order chi connectivity index (χ0) is 16.2. The van der Waals surface area contributed by atoms with Crippen molar-refractivity contribution in [1.29, 1.82) is 0 Å². The number of nitrogens with one attached hydrogen (secondary N) is 1. The largest absolute Gasteiger partial charge is 0.467 e. The normalized spacial score (nSPS) is 17.5. The highest BCUT2D eigenvalue weighted by molar-refractivity contribution is 6.30. The number of rotatable bonds is 5. The molecule has 120 valence electrons. The molecule has 0 unspecified atom stereocenters. The van der Waals surface area contributed by atoms with Gasteiger partial charge in [-0.25, -0.2) is 0 Å². The Morgan fingerprint density at radius 2 is 2.09 bits per heavy atom. The van der Waals surface area contributed by atoms with E-state index in [4.69, 9.17) is 16.0 Å². The van der Waals surface area contributed by atoms with Crippen LogP contribution >= 0.6 is 11.6 Å². The van der Waals surface area contributed by atoms with Crippen molar-refractivity contribution < 1.29 is 14.0 Å². The van der Waals surface area contributed by atoms with Crippen LogP contribution in [-0.2, 0) is 22.7 Å². The molecule has 2 heterocycles. The summed E-state index contributed by atoms with van der Waals surface area (Å²) in [7, 11) is 0. The van der Waals surface area contributed by atoms with Gasteiger partial charge in [-0.1, -0.05) is 23.7 Å². The van der Waals surface area contributed by atoms with Gasteiger partial charge >= 0.3 is 0 Å². The Hall–Kier alpha value is -2.27. The van der Waals surface area contributed by atoms with Gasteiger partial charge in [0.25, 0.3) is 0 Å². The van der Waals surface area contributed by atoms with Crippen LogP contribution in [0.15, 0.2) is 47.1 Å². The average molecular weight is 333 g/mol. The Balaban J connectivity index is 1.52. The van der Waals surface area contributed by atoms with Crippen LogP contribution in [0.5, 0.6) is 0 Å². The van der Waals surface area contributed by atoms with Crippen molar-refractivity contribution in [2.45, 2.75) is 19.5 Å². The van der Waals surface area contributed by atoms with E-state index in [0.717, 1.165) is 11.3 Å². The summed E-state index contributed by atoms with van der Waals surface area (Å²) in [5.41, 5.74) is 0.972. The molecule has 3 rings (SSSR count). The lowest BCUT2D eigenvalue weighted by Gasteiger charge is -2.15. The lowest BCUT2D eigenvalue weighted by molar-refractivity contribution is -0.129. The van der Waals surface area contributed by atoms with Gasteiger partial charge in [0.2, 0.25) is 11.8 Å². The number of benzene rings is 1. The van der Waals surface area contributed by atoms with Crippen LogP contribution in [0.25, 0.3) is 0 Å². The molecular formula is C17H17ClN2O3. The predicted octanol–water partition coefficient (Wildman–Crippen LogP) is 2.60. The summed E-state index contributed by atoms with van der Waals surface area (Å²) < 4.78 is 5.25. The van der Waals surface area contributed by atoms with E-state index in [2.05, 4.69) is 5.32 Å². The highest BCUT2D eigenvalue weighted by Gasteiger charge is 2.34. The predicted molar refractivity (Wildman–Crippen MR) is 85.5 cm³/mol. The molecule has 23 heavy (non-hydrogen) atoms. The maximum atomic E-state index is 12.2. The summed E-state index contributed by atoms with van der Waals surface area (Å²) in [6.45, 7) is 1.26. The van der Waals surface area contributed by atoms with Crippen molar-refractivity contribution in [2.75, 3.05) is 6.54 Å². The minimum absolute atomic E-state index is 0.0203. The Morgan fingerprint density at radius 1 is 1.30 bits per heavy atom. The Bertz CT molecular complexity index is 682. The fourth-order valence-electron chi connectivity index (χ4n) is 2.63. The number of furan rings is 1. The topological polar surface area (TPSA) is 62.6 Å². The van der Waals surface area contributed by atoms with Crippen molar-refractivity contribution in [1.82, 2.24) is 10.2 Å². The van der Waals surface area contributed by atoms with E-state index in [0.29, 0.717) is 24.7 Å². The molecular weight excluding hydrogens is 316 g/mol. The van der Waals surface area contributed by atoms with Crippen molar-refractivity contribution in [3.8, 4) is 0 Å². The molecule has 1 aromatic heterocycles. The molecule has 5 nitrogen and oxygen atoms in total. The van der Waals surface area contributed by atoms with Gasteiger partial charge in [-0.15, -0.1) is 0 Å². The van der Waals surface area contributed by atoms with Crippen molar-refractivity contribution in [2.24, 2.45) is 5.92 Å². The van der Waals surface area contributed by atoms with Crippen molar-refractivity contribution in [3.05, 3.63) is 59.0 Å². The highest BCUT2D eigenvalue weighted by Crippen LogP contribution is 2.20. The minimum atomic E-state index is -0.315. The van der Waals surface area contributed by atoms with E-state index in [-0.39, 0.29) is 24.2 Å². The van der Waals surface area contributed by atoms with Gasteiger partial charge in [0.1, 0.15) is 5.76 Å². The number of amides is 2. The molecule has 0 bridgehead atoms. The SMILES string of the molecule is O=C(NCc1ccc(Cl)cc1)[C@H]1CC(=O)N(Cc2ccco2)C1. The molecule has 1 aliphatic rings. The molecule has 1 aliphatic heterocycles. The minimum Gasteiger partial charge on any atom is -0.467 e. The smallest absolute Gasteiger partial charge is 0.225 e. The lowest BCUT2D eigenvalue weighted by atomic mass is 10.1. The molecule has 0 aliphatic carbocycles. The summed E-state index contributed by atoms with van der Waals surface area (Å²) in [4.78, 5) is 25.9. The molecule has 1 aromatic carbocycles.